The number of aliphatic imine (C=N–C) groups is 1. The quantitative estimate of drug-likeness (QED) is 0.383. The molecule has 0 saturated heterocycles. The molecule has 2 rings (SSSR count). The van der Waals surface area contributed by atoms with E-state index in [0.29, 0.717) is 24.2 Å². The first-order chi connectivity index (χ1) is 12.4. The van der Waals surface area contributed by atoms with Gasteiger partial charge in [-0.2, -0.15) is 0 Å². The number of ether oxygens (including phenoxy) is 1. The molecule has 1 fully saturated rings. The first-order valence-electron chi connectivity index (χ1n) is 9.67. The van der Waals surface area contributed by atoms with Gasteiger partial charge in [0.15, 0.2) is 6.04 Å². The Balaban J connectivity index is 2.26. The van der Waals surface area contributed by atoms with Crippen molar-refractivity contribution in [2.75, 3.05) is 7.11 Å². The van der Waals surface area contributed by atoms with Gasteiger partial charge < -0.3 is 4.74 Å². The van der Waals surface area contributed by atoms with Crippen LogP contribution in [0.15, 0.2) is 48.0 Å². The number of nitrogens with zero attached hydrogens (tertiary/aromatic N) is 1. The molecule has 3 heteroatoms. The smallest absolute Gasteiger partial charge is 0.330 e. The summed E-state index contributed by atoms with van der Waals surface area (Å²) in [7, 11) is 1.41. The van der Waals surface area contributed by atoms with Crippen LogP contribution in [0, 0.1) is 17.8 Å². The molecular formula is C23H33NO2. The van der Waals surface area contributed by atoms with Crippen molar-refractivity contribution in [1.29, 1.82) is 0 Å². The fourth-order valence-corrected chi connectivity index (χ4v) is 4.29. The topological polar surface area (TPSA) is 38.7 Å². The van der Waals surface area contributed by atoms with E-state index >= 15 is 0 Å². The van der Waals surface area contributed by atoms with E-state index in [0.717, 1.165) is 6.42 Å². The summed E-state index contributed by atoms with van der Waals surface area (Å²) in [6, 6.07) is 10.3. The molecule has 142 valence electrons. The van der Waals surface area contributed by atoms with Crippen LogP contribution in [0.4, 0.5) is 0 Å². The molecule has 4 atom stereocenters. The number of rotatable bonds is 7. The summed E-state index contributed by atoms with van der Waals surface area (Å²) in [6.07, 6.45) is 7.83. The van der Waals surface area contributed by atoms with Crippen molar-refractivity contribution in [3.8, 4) is 0 Å². The highest BCUT2D eigenvalue weighted by Crippen LogP contribution is 2.45. The zero-order valence-electron chi connectivity index (χ0n) is 16.7. The van der Waals surface area contributed by atoms with Crippen LogP contribution < -0.4 is 0 Å². The lowest BCUT2D eigenvalue weighted by atomic mass is 9.61. The highest BCUT2D eigenvalue weighted by atomic mass is 16.5. The van der Waals surface area contributed by atoms with Gasteiger partial charge in [-0.3, -0.25) is 4.99 Å². The van der Waals surface area contributed by atoms with Crippen molar-refractivity contribution in [3.05, 3.63) is 48.6 Å². The van der Waals surface area contributed by atoms with E-state index in [1.807, 2.05) is 6.21 Å². The van der Waals surface area contributed by atoms with Crippen LogP contribution >= 0.6 is 0 Å². The summed E-state index contributed by atoms with van der Waals surface area (Å²) in [5.41, 5.74) is 1.44. The van der Waals surface area contributed by atoms with Crippen molar-refractivity contribution < 1.29 is 9.53 Å². The SMILES string of the molecule is C=CC[C@@H](N=C[C@@H]1C[C@H](C)CC[C@H]1C(C)(C)c1ccccc1)C(=O)OC. The molecule has 0 unspecified atom stereocenters. The Labute approximate surface area is 158 Å². The van der Waals surface area contributed by atoms with E-state index in [2.05, 4.69) is 62.7 Å². The molecule has 1 aromatic rings. The Bertz CT molecular complexity index is 620. The molecule has 0 radical (unpaired) electrons. The molecule has 1 aliphatic rings. The zero-order chi connectivity index (χ0) is 19.2. The molecule has 3 nitrogen and oxygen atoms in total. The number of hydrogen-bond acceptors (Lipinski definition) is 3. The van der Waals surface area contributed by atoms with Crippen molar-refractivity contribution in [3.63, 3.8) is 0 Å². The van der Waals surface area contributed by atoms with E-state index in [9.17, 15) is 4.79 Å². The zero-order valence-corrected chi connectivity index (χ0v) is 16.7. The molecule has 1 aromatic carbocycles. The predicted molar refractivity (Wildman–Crippen MR) is 109 cm³/mol. The molecule has 1 saturated carbocycles. The fourth-order valence-electron chi connectivity index (χ4n) is 4.29. The standard InChI is InChI=1S/C23H33NO2/c1-6-10-21(22(25)26-5)24-16-18-15-17(2)13-14-20(18)23(3,4)19-11-8-7-9-12-19/h6-9,11-12,16-18,20-21H,1,10,13-15H2,2-5H3/t17-,18+,20-,21-/m1/s1. The Morgan fingerprint density at radius 2 is 2.04 bits per heavy atom. The lowest BCUT2D eigenvalue weighted by molar-refractivity contribution is -0.141. The average molecular weight is 356 g/mol. The maximum Gasteiger partial charge on any atom is 0.330 e. The maximum atomic E-state index is 12.0. The Hall–Kier alpha value is -1.90. The van der Waals surface area contributed by atoms with E-state index in [-0.39, 0.29) is 11.4 Å². The molecule has 0 N–H and O–H groups in total. The summed E-state index contributed by atoms with van der Waals surface area (Å²) in [5.74, 6) is 1.27. The lowest BCUT2D eigenvalue weighted by Gasteiger charge is -2.43. The van der Waals surface area contributed by atoms with Crippen molar-refractivity contribution in [2.45, 2.75) is 57.9 Å². The lowest BCUT2D eigenvalue weighted by Crippen LogP contribution is -2.39. The molecule has 26 heavy (non-hydrogen) atoms. The van der Waals surface area contributed by atoms with Crippen LogP contribution in [0.2, 0.25) is 0 Å². The Morgan fingerprint density at radius 1 is 1.35 bits per heavy atom. The minimum absolute atomic E-state index is 0.0668. The second-order valence-corrected chi connectivity index (χ2v) is 8.14. The minimum atomic E-state index is -0.477. The summed E-state index contributed by atoms with van der Waals surface area (Å²) < 4.78 is 4.89. The molecular weight excluding hydrogens is 322 g/mol. The Morgan fingerprint density at radius 3 is 2.65 bits per heavy atom. The van der Waals surface area contributed by atoms with Crippen LogP contribution in [0.3, 0.4) is 0 Å². The van der Waals surface area contributed by atoms with Crippen LogP contribution in [0.5, 0.6) is 0 Å². The van der Waals surface area contributed by atoms with E-state index < -0.39 is 6.04 Å². The number of esters is 1. The van der Waals surface area contributed by atoms with Gasteiger partial charge >= 0.3 is 5.97 Å². The summed E-state index contributed by atoms with van der Waals surface area (Å²) in [5, 5.41) is 0. The molecule has 0 spiro atoms. The van der Waals surface area contributed by atoms with Crippen LogP contribution in [0.25, 0.3) is 0 Å². The monoisotopic (exact) mass is 355 g/mol. The van der Waals surface area contributed by atoms with Crippen LogP contribution in [-0.4, -0.2) is 25.3 Å². The maximum absolute atomic E-state index is 12.0. The van der Waals surface area contributed by atoms with E-state index in [1.54, 1.807) is 6.08 Å². The largest absolute Gasteiger partial charge is 0.467 e. The van der Waals surface area contributed by atoms with Gasteiger partial charge in [0.05, 0.1) is 7.11 Å². The minimum Gasteiger partial charge on any atom is -0.467 e. The normalized spacial score (nSPS) is 25.0. The third-order valence-corrected chi connectivity index (χ3v) is 5.93. The number of benzene rings is 1. The van der Waals surface area contributed by atoms with Gasteiger partial charge in [-0.05, 0) is 48.0 Å². The summed E-state index contributed by atoms with van der Waals surface area (Å²) in [6.45, 7) is 10.7. The number of hydrogen-bond donors (Lipinski definition) is 0. The molecule has 0 bridgehead atoms. The molecule has 0 aliphatic heterocycles. The van der Waals surface area contributed by atoms with Crippen molar-refractivity contribution in [2.24, 2.45) is 22.7 Å². The summed E-state index contributed by atoms with van der Waals surface area (Å²) >= 11 is 0. The van der Waals surface area contributed by atoms with Gasteiger partial charge in [0, 0.05) is 6.21 Å². The van der Waals surface area contributed by atoms with Crippen molar-refractivity contribution in [1.82, 2.24) is 0 Å². The average Bonchev–Trinajstić information content (AvgIpc) is 2.65. The third-order valence-electron chi connectivity index (χ3n) is 5.93. The van der Waals surface area contributed by atoms with Gasteiger partial charge in [0.2, 0.25) is 0 Å². The number of carbonyl (C=O) groups excluding carboxylic acids is 1. The van der Waals surface area contributed by atoms with Gasteiger partial charge in [-0.15, -0.1) is 6.58 Å². The van der Waals surface area contributed by atoms with Gasteiger partial charge in [-0.1, -0.05) is 63.6 Å². The highest BCUT2D eigenvalue weighted by Gasteiger charge is 2.39. The second-order valence-electron chi connectivity index (χ2n) is 8.14. The van der Waals surface area contributed by atoms with E-state index in [4.69, 9.17) is 4.74 Å². The van der Waals surface area contributed by atoms with Gasteiger partial charge in [-0.25, -0.2) is 4.79 Å². The fraction of sp³-hybridized carbons (Fsp3) is 0.565. The third kappa shape index (κ3) is 4.84. The summed E-state index contributed by atoms with van der Waals surface area (Å²) in [4.78, 5) is 16.6. The van der Waals surface area contributed by atoms with Crippen molar-refractivity contribution >= 4 is 12.2 Å². The Kier molecular flexibility index (Phi) is 7.19. The molecule has 1 aliphatic carbocycles. The first-order valence-corrected chi connectivity index (χ1v) is 9.67. The van der Waals surface area contributed by atoms with Crippen LogP contribution in [0.1, 0.15) is 52.0 Å². The van der Waals surface area contributed by atoms with Gasteiger partial charge in [0.25, 0.3) is 0 Å². The van der Waals surface area contributed by atoms with Gasteiger partial charge in [0.1, 0.15) is 0 Å². The highest BCUT2D eigenvalue weighted by molar-refractivity contribution is 5.78. The van der Waals surface area contributed by atoms with E-state index in [1.165, 1.54) is 25.5 Å². The number of methoxy groups -OCH3 is 1. The molecule has 0 amide bonds. The molecule has 0 heterocycles. The number of carbonyl (C=O) groups is 1. The first kappa shape index (κ1) is 20.4. The predicted octanol–water partition coefficient (Wildman–Crippen LogP) is 5.21. The van der Waals surface area contributed by atoms with Crippen LogP contribution in [-0.2, 0) is 14.9 Å². The molecule has 0 aromatic heterocycles. The second kappa shape index (κ2) is 9.16.